The second kappa shape index (κ2) is 6.15. The highest BCUT2D eigenvalue weighted by Crippen LogP contribution is 2.34. The number of rotatable bonds is 7. The fourth-order valence-electron chi connectivity index (χ4n) is 3.28. The number of amides is 2. The average Bonchev–Trinajstić information content (AvgIpc) is 3.26. The number of nitrogens with one attached hydrogen (secondary N) is 1. The van der Waals surface area contributed by atoms with Gasteiger partial charge in [0, 0.05) is 6.54 Å². The van der Waals surface area contributed by atoms with E-state index < -0.39 is 5.54 Å². The van der Waals surface area contributed by atoms with Crippen LogP contribution in [0.2, 0.25) is 0 Å². The Morgan fingerprint density at radius 1 is 1.20 bits per heavy atom. The third kappa shape index (κ3) is 2.84. The van der Waals surface area contributed by atoms with Crippen LogP contribution in [-0.4, -0.2) is 34.8 Å². The van der Waals surface area contributed by atoms with Crippen molar-refractivity contribution in [3.05, 3.63) is 0 Å². The summed E-state index contributed by atoms with van der Waals surface area (Å²) >= 11 is 0. The molecule has 2 rings (SSSR count). The predicted octanol–water partition coefficient (Wildman–Crippen LogP) is 2.47. The topological polar surface area (TPSA) is 49.4 Å². The molecule has 2 amide bonds. The van der Waals surface area contributed by atoms with E-state index in [2.05, 4.69) is 5.32 Å². The highest BCUT2D eigenvalue weighted by molar-refractivity contribution is 5.99. The zero-order chi connectivity index (χ0) is 14.8. The van der Waals surface area contributed by atoms with E-state index in [0.717, 1.165) is 18.9 Å². The van der Waals surface area contributed by atoms with Crippen molar-refractivity contribution in [1.82, 2.24) is 10.2 Å². The van der Waals surface area contributed by atoms with E-state index in [1.165, 1.54) is 19.3 Å². The number of piperazine rings is 1. The minimum atomic E-state index is -0.664. The Hall–Kier alpha value is -1.06. The smallest absolute Gasteiger partial charge is 0.248 e. The summed E-state index contributed by atoms with van der Waals surface area (Å²) in [5, 5.41) is 2.99. The van der Waals surface area contributed by atoms with Gasteiger partial charge in [-0.3, -0.25) is 9.59 Å². The van der Waals surface area contributed by atoms with E-state index in [-0.39, 0.29) is 17.9 Å². The molecule has 1 unspecified atom stereocenters. The van der Waals surface area contributed by atoms with Crippen molar-refractivity contribution in [2.75, 3.05) is 6.54 Å². The second-order valence-corrected chi connectivity index (χ2v) is 6.29. The van der Waals surface area contributed by atoms with Gasteiger partial charge in [-0.15, -0.1) is 0 Å². The first-order chi connectivity index (χ1) is 9.57. The van der Waals surface area contributed by atoms with Gasteiger partial charge in [-0.05, 0) is 38.0 Å². The summed E-state index contributed by atoms with van der Waals surface area (Å²) < 4.78 is 0. The second-order valence-electron chi connectivity index (χ2n) is 6.29. The third-order valence-electron chi connectivity index (χ3n) is 5.01. The molecule has 1 heterocycles. The van der Waals surface area contributed by atoms with Crippen LogP contribution < -0.4 is 5.32 Å². The SMILES string of the molecule is CCC1C(=O)NC(CC)(CC)C(=O)N1CCCC1CC1. The maximum absolute atomic E-state index is 12.8. The quantitative estimate of drug-likeness (QED) is 0.779. The number of hydrogen-bond acceptors (Lipinski definition) is 2. The number of nitrogens with zero attached hydrogens (tertiary/aromatic N) is 1. The van der Waals surface area contributed by atoms with Crippen LogP contribution in [0.3, 0.4) is 0 Å². The van der Waals surface area contributed by atoms with Gasteiger partial charge in [-0.1, -0.05) is 33.6 Å². The number of hydrogen-bond donors (Lipinski definition) is 1. The summed E-state index contributed by atoms with van der Waals surface area (Å²) in [4.78, 5) is 27.0. The van der Waals surface area contributed by atoms with Gasteiger partial charge in [0.1, 0.15) is 11.6 Å². The Morgan fingerprint density at radius 2 is 1.85 bits per heavy atom. The molecule has 1 saturated carbocycles. The van der Waals surface area contributed by atoms with Crippen LogP contribution in [0, 0.1) is 5.92 Å². The molecule has 114 valence electrons. The molecular weight excluding hydrogens is 252 g/mol. The molecule has 4 heteroatoms. The van der Waals surface area contributed by atoms with Gasteiger partial charge >= 0.3 is 0 Å². The molecule has 0 aromatic heterocycles. The molecule has 2 aliphatic rings. The van der Waals surface area contributed by atoms with Gasteiger partial charge in [-0.25, -0.2) is 0 Å². The molecule has 0 spiro atoms. The highest BCUT2D eigenvalue weighted by Gasteiger charge is 2.47. The van der Waals surface area contributed by atoms with Gasteiger partial charge in [0.15, 0.2) is 0 Å². The lowest BCUT2D eigenvalue weighted by Gasteiger charge is -2.45. The molecule has 0 bridgehead atoms. The molecule has 2 fully saturated rings. The summed E-state index contributed by atoms with van der Waals surface area (Å²) in [6.45, 7) is 6.69. The lowest BCUT2D eigenvalue weighted by atomic mass is 9.86. The van der Waals surface area contributed by atoms with Crippen LogP contribution in [0.1, 0.15) is 65.7 Å². The standard InChI is InChI=1S/C16H28N2O2/c1-4-13-14(19)17-16(5-2,6-3)15(20)18(13)11-7-8-12-9-10-12/h12-13H,4-11H2,1-3H3,(H,17,19). The zero-order valence-electron chi connectivity index (χ0n) is 13.1. The van der Waals surface area contributed by atoms with E-state index >= 15 is 0 Å². The monoisotopic (exact) mass is 280 g/mol. The number of carbonyl (C=O) groups is 2. The summed E-state index contributed by atoms with van der Waals surface area (Å²) in [5.41, 5.74) is -0.664. The van der Waals surface area contributed by atoms with Crippen LogP contribution in [0.25, 0.3) is 0 Å². The molecule has 1 aliphatic carbocycles. The van der Waals surface area contributed by atoms with Crippen molar-refractivity contribution in [3.8, 4) is 0 Å². The molecule has 4 nitrogen and oxygen atoms in total. The van der Waals surface area contributed by atoms with Crippen molar-refractivity contribution in [2.24, 2.45) is 5.92 Å². The van der Waals surface area contributed by atoms with Gasteiger partial charge in [0.25, 0.3) is 0 Å². The van der Waals surface area contributed by atoms with E-state index in [9.17, 15) is 9.59 Å². The zero-order valence-corrected chi connectivity index (χ0v) is 13.1. The fraction of sp³-hybridized carbons (Fsp3) is 0.875. The molecule has 1 aliphatic heterocycles. The highest BCUT2D eigenvalue weighted by atomic mass is 16.2. The van der Waals surface area contributed by atoms with Crippen LogP contribution in [0.4, 0.5) is 0 Å². The van der Waals surface area contributed by atoms with Crippen LogP contribution in [-0.2, 0) is 9.59 Å². The fourth-order valence-corrected chi connectivity index (χ4v) is 3.28. The Kier molecular flexibility index (Phi) is 4.71. The van der Waals surface area contributed by atoms with Crippen molar-refractivity contribution < 1.29 is 9.59 Å². The lowest BCUT2D eigenvalue weighted by Crippen LogP contribution is -2.69. The minimum Gasteiger partial charge on any atom is -0.340 e. The van der Waals surface area contributed by atoms with Gasteiger partial charge < -0.3 is 10.2 Å². The van der Waals surface area contributed by atoms with Gasteiger partial charge in [0.05, 0.1) is 0 Å². The Balaban J connectivity index is 2.08. The molecule has 1 saturated heterocycles. The summed E-state index contributed by atoms with van der Waals surface area (Å²) in [6, 6.07) is -0.270. The molecule has 0 aromatic carbocycles. The van der Waals surface area contributed by atoms with Crippen LogP contribution >= 0.6 is 0 Å². The first kappa shape index (κ1) is 15.3. The van der Waals surface area contributed by atoms with Crippen molar-refractivity contribution in [2.45, 2.75) is 77.3 Å². The molecule has 1 atom stereocenters. The van der Waals surface area contributed by atoms with Gasteiger partial charge in [0.2, 0.25) is 11.8 Å². The summed E-state index contributed by atoms with van der Waals surface area (Å²) in [5.74, 6) is 1.04. The number of carbonyl (C=O) groups excluding carboxylic acids is 2. The Morgan fingerprint density at radius 3 is 2.35 bits per heavy atom. The molecule has 1 N–H and O–H groups in total. The molecule has 20 heavy (non-hydrogen) atoms. The molecular formula is C16H28N2O2. The maximum atomic E-state index is 12.8. The first-order valence-corrected chi connectivity index (χ1v) is 8.21. The normalized spacial score (nSPS) is 25.8. The minimum absolute atomic E-state index is 0.0298. The van der Waals surface area contributed by atoms with E-state index in [0.29, 0.717) is 19.3 Å². The maximum Gasteiger partial charge on any atom is 0.248 e. The van der Waals surface area contributed by atoms with Crippen LogP contribution in [0.15, 0.2) is 0 Å². The summed E-state index contributed by atoms with van der Waals surface area (Å²) in [7, 11) is 0. The van der Waals surface area contributed by atoms with Gasteiger partial charge in [-0.2, -0.15) is 0 Å². The van der Waals surface area contributed by atoms with E-state index in [4.69, 9.17) is 0 Å². The lowest BCUT2D eigenvalue weighted by molar-refractivity contribution is -0.155. The predicted molar refractivity (Wildman–Crippen MR) is 79.2 cm³/mol. The summed E-state index contributed by atoms with van der Waals surface area (Å²) in [6.07, 6.45) is 6.97. The Labute approximate surface area is 122 Å². The van der Waals surface area contributed by atoms with E-state index in [1.54, 1.807) is 0 Å². The molecule has 0 radical (unpaired) electrons. The molecule has 0 aromatic rings. The first-order valence-electron chi connectivity index (χ1n) is 8.21. The Bertz CT molecular complexity index is 373. The third-order valence-corrected chi connectivity index (χ3v) is 5.01. The van der Waals surface area contributed by atoms with E-state index in [1.807, 2.05) is 25.7 Å². The average molecular weight is 280 g/mol. The van der Waals surface area contributed by atoms with Crippen molar-refractivity contribution in [3.63, 3.8) is 0 Å². The van der Waals surface area contributed by atoms with Crippen LogP contribution in [0.5, 0.6) is 0 Å². The van der Waals surface area contributed by atoms with Crippen molar-refractivity contribution in [1.29, 1.82) is 0 Å². The van der Waals surface area contributed by atoms with Crippen molar-refractivity contribution >= 4 is 11.8 Å². The largest absolute Gasteiger partial charge is 0.340 e.